The molecular formula is C18H23F3N4O3. The van der Waals surface area contributed by atoms with E-state index in [-0.39, 0.29) is 37.8 Å². The largest absolute Gasteiger partial charge is 0.444 e. The van der Waals surface area contributed by atoms with Gasteiger partial charge in [-0.05, 0) is 33.8 Å². The molecule has 0 bridgehead atoms. The maximum atomic E-state index is 13.1. The number of halogens is 3. The fraction of sp³-hybridized carbons (Fsp3) is 0.611. The van der Waals surface area contributed by atoms with Gasteiger partial charge in [-0.1, -0.05) is 0 Å². The van der Waals surface area contributed by atoms with Gasteiger partial charge in [-0.2, -0.15) is 13.2 Å². The van der Waals surface area contributed by atoms with E-state index in [9.17, 15) is 22.8 Å². The highest BCUT2D eigenvalue weighted by Gasteiger charge is 2.44. The first-order valence-corrected chi connectivity index (χ1v) is 9.05. The van der Waals surface area contributed by atoms with Crippen LogP contribution in [0.25, 0.3) is 0 Å². The number of amides is 2. The zero-order chi connectivity index (χ0) is 20.9. The lowest BCUT2D eigenvalue weighted by atomic mass is 10.0. The summed E-state index contributed by atoms with van der Waals surface area (Å²) in [5.74, 6) is -0.0346. The molecule has 1 aromatic heterocycles. The molecule has 2 aliphatic heterocycles. The van der Waals surface area contributed by atoms with Gasteiger partial charge in [0.2, 0.25) is 0 Å². The Labute approximate surface area is 161 Å². The highest BCUT2D eigenvalue weighted by atomic mass is 19.4. The maximum Gasteiger partial charge on any atom is 0.417 e. The maximum absolute atomic E-state index is 13.1. The van der Waals surface area contributed by atoms with Crippen LogP contribution in [0, 0.1) is 0 Å². The van der Waals surface area contributed by atoms with Crippen LogP contribution in [0.5, 0.6) is 0 Å². The van der Waals surface area contributed by atoms with E-state index in [1.807, 2.05) is 0 Å². The van der Waals surface area contributed by atoms with E-state index >= 15 is 0 Å². The molecule has 1 saturated heterocycles. The molecule has 0 saturated carbocycles. The van der Waals surface area contributed by atoms with Gasteiger partial charge < -0.3 is 19.4 Å². The van der Waals surface area contributed by atoms with E-state index in [1.165, 1.54) is 9.80 Å². The molecule has 1 fully saturated rings. The fourth-order valence-electron chi connectivity index (χ4n) is 3.39. The molecule has 1 aromatic rings. The molecule has 0 aliphatic carbocycles. The summed E-state index contributed by atoms with van der Waals surface area (Å²) >= 11 is 0. The highest BCUT2D eigenvalue weighted by molar-refractivity contribution is 6.05. The number of piperazine rings is 1. The van der Waals surface area contributed by atoms with Gasteiger partial charge in [0.1, 0.15) is 11.6 Å². The van der Waals surface area contributed by atoms with Crippen molar-refractivity contribution in [3.05, 3.63) is 17.8 Å². The van der Waals surface area contributed by atoms with E-state index in [2.05, 4.69) is 4.98 Å². The zero-order valence-electron chi connectivity index (χ0n) is 16.2. The van der Waals surface area contributed by atoms with Crippen molar-refractivity contribution in [3.8, 4) is 0 Å². The molecule has 1 atom stereocenters. The Balaban J connectivity index is 1.91. The second-order valence-corrected chi connectivity index (χ2v) is 7.78. The summed E-state index contributed by atoms with van der Waals surface area (Å²) in [4.78, 5) is 33.8. The molecule has 154 valence electrons. The van der Waals surface area contributed by atoms with Crippen LogP contribution in [0.15, 0.2) is 12.3 Å². The molecule has 2 aliphatic rings. The molecule has 3 rings (SSSR count). The number of hydrogen-bond donors (Lipinski definition) is 0. The Hall–Kier alpha value is -2.52. The minimum atomic E-state index is -4.54. The lowest BCUT2D eigenvalue weighted by molar-refractivity contribution is -0.138. The summed E-state index contributed by atoms with van der Waals surface area (Å²) in [7, 11) is 0. The summed E-state index contributed by atoms with van der Waals surface area (Å²) in [6.07, 6.45) is -4.29. The normalized spacial score (nSPS) is 20.0. The van der Waals surface area contributed by atoms with Crippen molar-refractivity contribution in [1.82, 2.24) is 9.88 Å². The lowest BCUT2D eigenvalue weighted by Crippen LogP contribution is -2.64. The van der Waals surface area contributed by atoms with E-state index in [1.54, 1.807) is 32.6 Å². The second kappa shape index (κ2) is 6.82. The van der Waals surface area contributed by atoms with Crippen LogP contribution >= 0.6 is 0 Å². The summed E-state index contributed by atoms with van der Waals surface area (Å²) in [6, 6.07) is 0.248. The third kappa shape index (κ3) is 3.72. The molecular weight excluding hydrogens is 377 g/mol. The minimum absolute atomic E-state index is 0.0897. The third-order valence-electron chi connectivity index (χ3n) is 4.64. The number of pyridine rings is 1. The monoisotopic (exact) mass is 400 g/mol. The number of nitrogens with zero attached hydrogens (tertiary/aromatic N) is 4. The van der Waals surface area contributed by atoms with Crippen molar-refractivity contribution < 1.29 is 27.5 Å². The van der Waals surface area contributed by atoms with Gasteiger partial charge in [0.05, 0.1) is 17.8 Å². The molecule has 28 heavy (non-hydrogen) atoms. The van der Waals surface area contributed by atoms with Gasteiger partial charge in [-0.15, -0.1) is 0 Å². The van der Waals surface area contributed by atoms with E-state index in [0.29, 0.717) is 5.82 Å². The van der Waals surface area contributed by atoms with Crippen LogP contribution in [0.1, 0.15) is 33.3 Å². The molecule has 2 amide bonds. The van der Waals surface area contributed by atoms with E-state index < -0.39 is 29.5 Å². The van der Waals surface area contributed by atoms with Gasteiger partial charge in [-0.25, -0.2) is 9.78 Å². The molecule has 0 aromatic carbocycles. The number of carbonyl (C=O) groups is 2. The van der Waals surface area contributed by atoms with Crippen LogP contribution < -0.4 is 9.80 Å². The Kier molecular flexibility index (Phi) is 4.93. The molecule has 0 spiro atoms. The lowest BCUT2D eigenvalue weighted by Gasteiger charge is -2.47. The molecule has 10 heteroatoms. The van der Waals surface area contributed by atoms with Crippen LogP contribution in [0.4, 0.5) is 29.5 Å². The molecule has 0 unspecified atom stereocenters. The topological polar surface area (TPSA) is 66.0 Å². The number of alkyl halides is 3. The fourth-order valence-corrected chi connectivity index (χ4v) is 3.39. The smallest absolute Gasteiger partial charge is 0.417 e. The predicted octanol–water partition coefficient (Wildman–Crippen LogP) is 2.89. The SMILES string of the molecule is CCN1C(=O)[C@H]2CN(C(=O)OC(C)(C)C)CCN2c2ncc(C(F)(F)F)cc21. The molecule has 0 radical (unpaired) electrons. The van der Waals surface area contributed by atoms with Crippen molar-refractivity contribution in [2.75, 3.05) is 36.0 Å². The number of rotatable bonds is 1. The van der Waals surface area contributed by atoms with Gasteiger partial charge >= 0.3 is 12.3 Å². The van der Waals surface area contributed by atoms with Crippen LogP contribution in [-0.4, -0.2) is 59.7 Å². The number of fused-ring (bicyclic) bond motifs is 3. The first-order valence-electron chi connectivity index (χ1n) is 9.05. The van der Waals surface area contributed by atoms with Crippen molar-refractivity contribution in [1.29, 1.82) is 0 Å². The standard InChI is InChI=1S/C18H23F3N4O3/c1-5-24-12-8-11(18(19,20)21)9-22-14(12)25-7-6-23(10-13(25)15(24)26)16(27)28-17(2,3)4/h8-9,13H,5-7,10H2,1-4H3/t13-/m1/s1. The number of anilines is 2. The third-order valence-corrected chi connectivity index (χ3v) is 4.64. The van der Waals surface area contributed by atoms with Crippen LogP contribution in [-0.2, 0) is 15.7 Å². The quantitative estimate of drug-likeness (QED) is 0.725. The Morgan fingerprint density at radius 3 is 2.54 bits per heavy atom. The van der Waals surface area contributed by atoms with Crippen molar-refractivity contribution in [2.24, 2.45) is 0 Å². The summed E-state index contributed by atoms with van der Waals surface area (Å²) in [5, 5.41) is 0. The van der Waals surface area contributed by atoms with Gasteiger partial charge in [0.25, 0.3) is 5.91 Å². The van der Waals surface area contributed by atoms with E-state index in [0.717, 1.165) is 12.3 Å². The Morgan fingerprint density at radius 1 is 1.29 bits per heavy atom. The minimum Gasteiger partial charge on any atom is -0.444 e. The number of carbonyl (C=O) groups excluding carboxylic acids is 2. The summed E-state index contributed by atoms with van der Waals surface area (Å²) < 4.78 is 44.6. The average Bonchev–Trinajstić information content (AvgIpc) is 2.59. The molecule has 0 N–H and O–H groups in total. The molecule has 3 heterocycles. The second-order valence-electron chi connectivity index (χ2n) is 7.78. The van der Waals surface area contributed by atoms with Crippen LogP contribution in [0.3, 0.4) is 0 Å². The van der Waals surface area contributed by atoms with Gasteiger partial charge in [-0.3, -0.25) is 4.79 Å². The first kappa shape index (κ1) is 20.2. The highest BCUT2D eigenvalue weighted by Crippen LogP contribution is 2.39. The predicted molar refractivity (Wildman–Crippen MR) is 96.2 cm³/mol. The Bertz CT molecular complexity index is 791. The Morgan fingerprint density at radius 2 is 1.96 bits per heavy atom. The van der Waals surface area contributed by atoms with Gasteiger partial charge in [0, 0.05) is 25.8 Å². The van der Waals surface area contributed by atoms with E-state index in [4.69, 9.17) is 4.74 Å². The number of hydrogen-bond acceptors (Lipinski definition) is 5. The zero-order valence-corrected chi connectivity index (χ0v) is 16.2. The van der Waals surface area contributed by atoms with Gasteiger partial charge in [0.15, 0.2) is 5.82 Å². The average molecular weight is 400 g/mol. The molecule has 7 nitrogen and oxygen atoms in total. The number of aromatic nitrogens is 1. The van der Waals surface area contributed by atoms with Crippen molar-refractivity contribution >= 4 is 23.5 Å². The number of ether oxygens (including phenoxy) is 1. The number of likely N-dealkylation sites (N-methyl/N-ethyl adjacent to an activating group) is 1. The summed E-state index contributed by atoms with van der Waals surface area (Å²) in [6.45, 7) is 7.80. The van der Waals surface area contributed by atoms with Crippen molar-refractivity contribution in [3.63, 3.8) is 0 Å². The first-order chi connectivity index (χ1) is 12.9. The van der Waals surface area contributed by atoms with Crippen LogP contribution in [0.2, 0.25) is 0 Å². The summed E-state index contributed by atoms with van der Waals surface area (Å²) in [5.41, 5.74) is -1.42. The van der Waals surface area contributed by atoms with Crippen molar-refractivity contribution in [2.45, 2.75) is 45.5 Å².